The summed E-state index contributed by atoms with van der Waals surface area (Å²) in [6.45, 7) is 2.35. The van der Waals surface area contributed by atoms with Crippen LogP contribution < -0.4 is 9.84 Å². The van der Waals surface area contributed by atoms with Gasteiger partial charge in [0.15, 0.2) is 0 Å². The van der Waals surface area contributed by atoms with Gasteiger partial charge >= 0.3 is 0 Å². The first-order valence-electron chi connectivity index (χ1n) is 7.10. The van der Waals surface area contributed by atoms with Gasteiger partial charge in [0.05, 0.1) is 16.7 Å². The van der Waals surface area contributed by atoms with E-state index in [1.165, 1.54) is 16.4 Å². The Labute approximate surface area is 145 Å². The zero-order valence-corrected chi connectivity index (χ0v) is 14.7. The van der Waals surface area contributed by atoms with Gasteiger partial charge in [0, 0.05) is 31.0 Å². The van der Waals surface area contributed by atoms with Gasteiger partial charge < -0.3 is 14.6 Å². The Hall–Kier alpha value is -1.02. The van der Waals surface area contributed by atoms with Gasteiger partial charge in [0.2, 0.25) is 10.0 Å². The van der Waals surface area contributed by atoms with E-state index < -0.39 is 21.9 Å². The van der Waals surface area contributed by atoms with E-state index in [1.807, 2.05) is 0 Å². The summed E-state index contributed by atoms with van der Waals surface area (Å²) >= 11 is 12.1. The maximum atomic E-state index is 12.7. The van der Waals surface area contributed by atoms with Crippen molar-refractivity contribution in [1.82, 2.24) is 4.31 Å². The fourth-order valence-corrected chi connectivity index (χ4v) is 4.72. The van der Waals surface area contributed by atoms with Gasteiger partial charge in [-0.1, -0.05) is 23.2 Å². The smallest absolute Gasteiger partial charge is 0.244 e. The molecule has 1 saturated heterocycles. The predicted octanol–water partition coefficient (Wildman–Crippen LogP) is 1.54. The van der Waals surface area contributed by atoms with Gasteiger partial charge in [-0.2, -0.15) is 4.31 Å². The van der Waals surface area contributed by atoms with Gasteiger partial charge in [0.25, 0.3) is 0 Å². The second kappa shape index (κ2) is 7.25. The van der Waals surface area contributed by atoms with Gasteiger partial charge in [-0.05, 0) is 25.8 Å². The minimum absolute atomic E-state index is 0.0138. The van der Waals surface area contributed by atoms with E-state index in [4.69, 9.17) is 27.9 Å². The summed E-state index contributed by atoms with van der Waals surface area (Å²) in [7, 11) is -3.85. The van der Waals surface area contributed by atoms with Crippen LogP contribution >= 0.6 is 23.2 Å². The largest absolute Gasteiger partial charge is 0.550 e. The van der Waals surface area contributed by atoms with Crippen molar-refractivity contribution in [2.75, 3.05) is 19.7 Å². The Balaban J connectivity index is 2.27. The molecule has 23 heavy (non-hydrogen) atoms. The molecule has 0 aromatic heterocycles. The predicted molar refractivity (Wildman–Crippen MR) is 84.1 cm³/mol. The van der Waals surface area contributed by atoms with Crippen molar-refractivity contribution in [2.45, 2.75) is 24.7 Å². The third kappa shape index (κ3) is 3.91. The Bertz CT molecular complexity index is 699. The molecule has 1 heterocycles. The molecule has 0 bridgehead atoms. The highest BCUT2D eigenvalue weighted by Gasteiger charge is 2.31. The van der Waals surface area contributed by atoms with Crippen LogP contribution in [0.3, 0.4) is 0 Å². The fraction of sp³-hybridized carbons (Fsp3) is 0.500. The average Bonchev–Trinajstić information content (AvgIpc) is 2.50. The number of carbonyl (C=O) groups excluding carboxylic acids is 1. The number of ether oxygens (including phenoxy) is 1. The summed E-state index contributed by atoms with van der Waals surface area (Å²) in [5, 5.41) is 11.0. The summed E-state index contributed by atoms with van der Waals surface area (Å²) < 4.78 is 31.9. The van der Waals surface area contributed by atoms with Crippen LogP contribution in [0.2, 0.25) is 10.0 Å². The van der Waals surface area contributed by atoms with E-state index >= 15 is 0 Å². The first kappa shape index (κ1) is 18.3. The number of halogens is 2. The lowest BCUT2D eigenvalue weighted by molar-refractivity contribution is -0.312. The summed E-state index contributed by atoms with van der Waals surface area (Å²) in [4.78, 5) is 10.7. The lowest BCUT2D eigenvalue weighted by Gasteiger charge is -2.31. The standard InChI is InChI=1S/C14H17Cl2NO5S/c1-2-22-12-7-11(16)13(8-10(12)15)23(20,21)17-5-3-9(4-6-17)14(18)19/h7-9H,2-6H2,1H3,(H,18,19)/p-1. The zero-order chi connectivity index (χ0) is 17.2. The fourth-order valence-electron chi connectivity index (χ4n) is 2.45. The van der Waals surface area contributed by atoms with Crippen LogP contribution in [-0.2, 0) is 14.8 Å². The Morgan fingerprint density at radius 2 is 1.91 bits per heavy atom. The summed E-state index contributed by atoms with van der Waals surface area (Å²) in [5.74, 6) is -1.46. The highest BCUT2D eigenvalue weighted by atomic mass is 35.5. The second-order valence-electron chi connectivity index (χ2n) is 5.14. The molecule has 0 radical (unpaired) electrons. The number of sulfonamides is 1. The van der Waals surface area contributed by atoms with Crippen molar-refractivity contribution in [3.63, 3.8) is 0 Å². The summed E-state index contributed by atoms with van der Waals surface area (Å²) in [6.07, 6.45) is 0.424. The van der Waals surface area contributed by atoms with Crippen molar-refractivity contribution in [3.05, 3.63) is 22.2 Å². The molecular formula is C14H16Cl2NO5S-. The number of benzene rings is 1. The maximum Gasteiger partial charge on any atom is 0.244 e. The zero-order valence-electron chi connectivity index (χ0n) is 12.4. The van der Waals surface area contributed by atoms with Crippen LogP contribution in [0.4, 0.5) is 0 Å². The first-order chi connectivity index (χ1) is 10.8. The van der Waals surface area contributed by atoms with Crippen molar-refractivity contribution in [1.29, 1.82) is 0 Å². The van der Waals surface area contributed by atoms with Gasteiger partial charge in [-0.15, -0.1) is 0 Å². The highest BCUT2D eigenvalue weighted by molar-refractivity contribution is 7.89. The van der Waals surface area contributed by atoms with Crippen molar-refractivity contribution in [3.8, 4) is 5.75 Å². The summed E-state index contributed by atoms with van der Waals surface area (Å²) in [5.41, 5.74) is 0. The van der Waals surface area contributed by atoms with Crippen LogP contribution in [0.1, 0.15) is 19.8 Å². The minimum Gasteiger partial charge on any atom is -0.550 e. The van der Waals surface area contributed by atoms with Gasteiger partial charge in [0.1, 0.15) is 10.6 Å². The molecule has 128 valence electrons. The number of piperidine rings is 1. The molecule has 0 atom stereocenters. The van der Waals surface area contributed by atoms with Gasteiger partial charge in [-0.25, -0.2) is 8.42 Å². The quantitative estimate of drug-likeness (QED) is 0.772. The van der Waals surface area contributed by atoms with Crippen molar-refractivity contribution < 1.29 is 23.1 Å². The molecule has 0 saturated carbocycles. The van der Waals surface area contributed by atoms with E-state index in [0.717, 1.165) is 0 Å². The molecule has 0 unspecified atom stereocenters. The number of rotatable bonds is 5. The van der Waals surface area contributed by atoms with E-state index in [9.17, 15) is 18.3 Å². The molecule has 0 aliphatic carbocycles. The number of carboxylic acid groups (broad SMARTS) is 1. The normalized spacial score (nSPS) is 17.2. The van der Waals surface area contributed by atoms with Crippen LogP contribution in [0.5, 0.6) is 5.75 Å². The van der Waals surface area contributed by atoms with Crippen LogP contribution in [0, 0.1) is 5.92 Å². The van der Waals surface area contributed by atoms with Crippen molar-refractivity contribution >= 4 is 39.2 Å². The second-order valence-corrected chi connectivity index (χ2v) is 7.86. The minimum atomic E-state index is -3.85. The number of nitrogens with zero attached hydrogens (tertiary/aromatic N) is 1. The number of hydrogen-bond acceptors (Lipinski definition) is 5. The van der Waals surface area contributed by atoms with Crippen LogP contribution in [0.15, 0.2) is 17.0 Å². The Kier molecular flexibility index (Phi) is 5.78. The molecule has 1 aromatic rings. The first-order valence-corrected chi connectivity index (χ1v) is 9.29. The van der Waals surface area contributed by atoms with E-state index in [1.54, 1.807) is 6.92 Å². The Morgan fingerprint density at radius 1 is 1.30 bits per heavy atom. The molecule has 2 rings (SSSR count). The van der Waals surface area contributed by atoms with Crippen molar-refractivity contribution in [2.24, 2.45) is 5.92 Å². The van der Waals surface area contributed by atoms with E-state index in [2.05, 4.69) is 0 Å². The third-order valence-corrected chi connectivity index (χ3v) is 6.35. The number of hydrogen-bond donors (Lipinski definition) is 0. The molecule has 1 aliphatic rings. The molecule has 9 heteroatoms. The molecule has 1 fully saturated rings. The van der Waals surface area contributed by atoms with E-state index in [0.29, 0.717) is 12.4 Å². The van der Waals surface area contributed by atoms with Gasteiger partial charge in [-0.3, -0.25) is 0 Å². The molecule has 0 amide bonds. The third-order valence-electron chi connectivity index (χ3n) is 3.69. The average molecular weight is 381 g/mol. The number of aliphatic carboxylic acids is 1. The lowest BCUT2D eigenvalue weighted by atomic mass is 9.99. The maximum absolute atomic E-state index is 12.7. The molecular weight excluding hydrogens is 365 g/mol. The number of carbonyl (C=O) groups is 1. The molecule has 1 aromatic carbocycles. The molecule has 0 N–H and O–H groups in total. The van der Waals surface area contributed by atoms with Crippen LogP contribution in [0.25, 0.3) is 0 Å². The molecule has 0 spiro atoms. The number of carboxylic acids is 1. The topological polar surface area (TPSA) is 86.7 Å². The molecule has 6 nitrogen and oxygen atoms in total. The van der Waals surface area contributed by atoms with Crippen LogP contribution in [-0.4, -0.2) is 38.4 Å². The monoisotopic (exact) mass is 380 g/mol. The SMILES string of the molecule is CCOc1cc(Cl)c(S(=O)(=O)N2CCC(C(=O)[O-])CC2)cc1Cl. The highest BCUT2D eigenvalue weighted by Crippen LogP contribution is 2.35. The molecule has 1 aliphatic heterocycles. The van der Waals surface area contributed by atoms with E-state index in [-0.39, 0.29) is 40.9 Å². The Morgan fingerprint density at radius 3 is 2.43 bits per heavy atom. The summed E-state index contributed by atoms with van der Waals surface area (Å²) in [6, 6.07) is 2.63. The lowest BCUT2D eigenvalue weighted by Crippen LogP contribution is -2.43.